The molecule has 0 N–H and O–H groups in total. The third-order valence-electron chi connectivity index (χ3n) is 5.10. The largest absolute Gasteiger partial charge is 0.461 e. The van der Waals surface area contributed by atoms with Gasteiger partial charge in [-0.25, -0.2) is 9.59 Å². The lowest BCUT2D eigenvalue weighted by atomic mass is 9.98. The fourth-order valence-corrected chi connectivity index (χ4v) is 10.8. The number of hydrogen-bond acceptors (Lipinski definition) is 8. The first-order valence-corrected chi connectivity index (χ1v) is 13.2. The number of rotatable bonds is 6. The third-order valence-corrected chi connectivity index (χ3v) is 12.8. The van der Waals surface area contributed by atoms with Crippen molar-refractivity contribution in [1.82, 2.24) is 0 Å². The third kappa shape index (κ3) is 5.49. The Morgan fingerprint density at radius 2 is 1.18 bits per heavy atom. The molecule has 3 rings (SSSR count). The maximum atomic E-state index is 11.6. The molecule has 0 radical (unpaired) electrons. The molecule has 8 heteroatoms. The van der Waals surface area contributed by atoms with E-state index in [0.717, 1.165) is 11.5 Å². The highest BCUT2D eigenvalue weighted by Gasteiger charge is 2.51. The monoisotopic (exact) mass is 460 g/mol. The van der Waals surface area contributed by atoms with Gasteiger partial charge in [-0.05, 0) is 39.5 Å². The van der Waals surface area contributed by atoms with Crippen LogP contribution in [0.15, 0.2) is 24.3 Å². The molecule has 0 aromatic carbocycles. The lowest BCUT2D eigenvalue weighted by Gasteiger charge is -2.41. The van der Waals surface area contributed by atoms with Crippen LogP contribution in [0.3, 0.4) is 0 Å². The van der Waals surface area contributed by atoms with E-state index in [1.807, 2.05) is 47.0 Å². The molecule has 1 saturated carbocycles. The van der Waals surface area contributed by atoms with E-state index in [0.29, 0.717) is 34.9 Å². The van der Waals surface area contributed by atoms with Crippen LogP contribution in [0.2, 0.25) is 0 Å². The van der Waals surface area contributed by atoms with E-state index >= 15 is 0 Å². The zero-order valence-corrected chi connectivity index (χ0v) is 19.8. The summed E-state index contributed by atoms with van der Waals surface area (Å²) in [6.45, 7) is 11.6. The number of ether oxygens (including phenoxy) is 2. The topological polar surface area (TPSA) is 52.6 Å². The van der Waals surface area contributed by atoms with Crippen LogP contribution in [-0.4, -0.2) is 55.3 Å². The molecular formula is C20H28O4S4. The van der Waals surface area contributed by atoms with Crippen molar-refractivity contribution in [3.63, 3.8) is 0 Å². The highest BCUT2D eigenvalue weighted by Crippen LogP contribution is 2.64. The fourth-order valence-electron chi connectivity index (χ4n) is 3.52. The standard InChI is InChI=1S/C20H28O4S4/c1-13(2)17(21)23-9-15-11-25-19(27-15)5-7-20(8-6-19)26-12-16(28-20)10-24-18(22)14(3)4/h15-16H,1,3,5-12H2,2,4H3. The second kappa shape index (κ2) is 9.31. The van der Waals surface area contributed by atoms with E-state index < -0.39 is 0 Å². The van der Waals surface area contributed by atoms with Crippen molar-refractivity contribution in [2.24, 2.45) is 0 Å². The Balaban J connectivity index is 1.43. The molecule has 2 aliphatic heterocycles. The molecule has 3 aliphatic rings. The summed E-state index contributed by atoms with van der Waals surface area (Å²) in [5, 5.41) is 0.751. The predicted molar refractivity (Wildman–Crippen MR) is 123 cm³/mol. The van der Waals surface area contributed by atoms with E-state index in [4.69, 9.17) is 9.47 Å². The first-order chi connectivity index (χ1) is 13.2. The van der Waals surface area contributed by atoms with Gasteiger partial charge >= 0.3 is 11.9 Å². The molecule has 2 atom stereocenters. The average molecular weight is 461 g/mol. The van der Waals surface area contributed by atoms with Crippen molar-refractivity contribution in [2.45, 2.75) is 58.2 Å². The van der Waals surface area contributed by atoms with Crippen LogP contribution < -0.4 is 0 Å². The SMILES string of the molecule is C=C(C)C(=O)OCC1CSC2(CCC3(CC2)SCC(COC(=O)C(=C)C)S3)S1. The highest BCUT2D eigenvalue weighted by atomic mass is 32.2. The lowest BCUT2D eigenvalue weighted by Crippen LogP contribution is -2.33. The van der Waals surface area contributed by atoms with Gasteiger partial charge < -0.3 is 9.47 Å². The molecule has 1 aliphatic carbocycles. The maximum Gasteiger partial charge on any atom is 0.333 e. The van der Waals surface area contributed by atoms with Crippen molar-refractivity contribution >= 4 is 59.0 Å². The fraction of sp³-hybridized carbons (Fsp3) is 0.700. The summed E-state index contributed by atoms with van der Waals surface area (Å²) in [4.78, 5) is 23.2. The van der Waals surface area contributed by atoms with Crippen molar-refractivity contribution < 1.29 is 19.1 Å². The van der Waals surface area contributed by atoms with Crippen LogP contribution in [0.1, 0.15) is 39.5 Å². The van der Waals surface area contributed by atoms with Crippen molar-refractivity contribution in [1.29, 1.82) is 0 Å². The van der Waals surface area contributed by atoms with Crippen LogP contribution in [0.25, 0.3) is 0 Å². The van der Waals surface area contributed by atoms with Gasteiger partial charge in [-0.15, -0.1) is 47.0 Å². The summed E-state index contributed by atoms with van der Waals surface area (Å²) in [7, 11) is 0. The summed E-state index contributed by atoms with van der Waals surface area (Å²) >= 11 is 8.10. The van der Waals surface area contributed by atoms with Crippen molar-refractivity contribution in [3.8, 4) is 0 Å². The first-order valence-electron chi connectivity index (χ1n) is 9.51. The number of esters is 2. The Hall–Kier alpha value is -0.180. The van der Waals surface area contributed by atoms with Gasteiger partial charge in [0.25, 0.3) is 0 Å². The van der Waals surface area contributed by atoms with Gasteiger partial charge in [0.2, 0.25) is 0 Å². The van der Waals surface area contributed by atoms with Gasteiger partial charge in [-0.1, -0.05) is 13.2 Å². The van der Waals surface area contributed by atoms with Crippen LogP contribution in [-0.2, 0) is 19.1 Å². The Morgan fingerprint density at radius 3 is 1.50 bits per heavy atom. The van der Waals surface area contributed by atoms with Crippen molar-refractivity contribution in [2.75, 3.05) is 24.7 Å². The molecule has 0 aromatic heterocycles. The van der Waals surface area contributed by atoms with E-state index in [2.05, 4.69) is 13.2 Å². The Bertz CT molecular complexity index is 599. The molecule has 2 unspecified atom stereocenters. The number of carbonyl (C=O) groups excluding carboxylic acids is 2. The Kier molecular flexibility index (Phi) is 7.48. The Labute approximate surface area is 184 Å². The average Bonchev–Trinajstić information content (AvgIpc) is 3.25. The first kappa shape index (κ1) is 22.5. The van der Waals surface area contributed by atoms with E-state index in [9.17, 15) is 9.59 Å². The lowest BCUT2D eigenvalue weighted by molar-refractivity contribution is -0.139. The molecule has 2 saturated heterocycles. The zero-order chi connectivity index (χ0) is 20.4. The summed E-state index contributed by atoms with van der Waals surface area (Å²) in [5.74, 6) is 1.51. The van der Waals surface area contributed by atoms with Crippen LogP contribution in [0, 0.1) is 0 Å². The van der Waals surface area contributed by atoms with E-state index in [1.165, 1.54) is 25.7 Å². The summed E-state index contributed by atoms with van der Waals surface area (Å²) in [6.07, 6.45) is 4.74. The maximum absolute atomic E-state index is 11.6. The molecule has 4 nitrogen and oxygen atoms in total. The van der Waals surface area contributed by atoms with Gasteiger partial charge in [0.15, 0.2) is 0 Å². The molecule has 0 aromatic rings. The minimum atomic E-state index is -0.286. The van der Waals surface area contributed by atoms with Crippen LogP contribution >= 0.6 is 47.0 Å². The molecule has 156 valence electrons. The van der Waals surface area contributed by atoms with Crippen LogP contribution in [0.4, 0.5) is 0 Å². The summed E-state index contributed by atoms with van der Waals surface area (Å²) in [6, 6.07) is 0. The number of carbonyl (C=O) groups is 2. The Morgan fingerprint density at radius 1 is 0.821 bits per heavy atom. The van der Waals surface area contributed by atoms with E-state index in [-0.39, 0.29) is 20.1 Å². The van der Waals surface area contributed by atoms with Gasteiger partial charge in [-0.2, -0.15) is 0 Å². The van der Waals surface area contributed by atoms with Crippen molar-refractivity contribution in [3.05, 3.63) is 24.3 Å². The molecule has 0 bridgehead atoms. The second-order valence-electron chi connectivity index (χ2n) is 7.68. The minimum Gasteiger partial charge on any atom is -0.461 e. The van der Waals surface area contributed by atoms with Crippen LogP contribution in [0.5, 0.6) is 0 Å². The van der Waals surface area contributed by atoms with Gasteiger partial charge in [0.1, 0.15) is 13.2 Å². The smallest absolute Gasteiger partial charge is 0.333 e. The highest BCUT2D eigenvalue weighted by molar-refractivity contribution is 8.22. The van der Waals surface area contributed by atoms with Gasteiger partial charge in [0, 0.05) is 33.2 Å². The second-order valence-corrected chi connectivity index (χ2v) is 14.4. The molecule has 28 heavy (non-hydrogen) atoms. The summed E-state index contributed by atoms with van der Waals surface area (Å²) < 4.78 is 11.3. The molecule has 2 heterocycles. The number of thioether (sulfide) groups is 4. The van der Waals surface area contributed by atoms with Gasteiger partial charge in [-0.3, -0.25) is 0 Å². The molecule has 3 fully saturated rings. The quantitative estimate of drug-likeness (QED) is 0.410. The normalized spacial score (nSPS) is 34.5. The van der Waals surface area contributed by atoms with Gasteiger partial charge in [0.05, 0.1) is 8.16 Å². The number of hydrogen-bond donors (Lipinski definition) is 0. The summed E-state index contributed by atoms with van der Waals surface area (Å²) in [5.41, 5.74) is 0.924. The molecule has 0 amide bonds. The predicted octanol–water partition coefficient (Wildman–Crippen LogP) is 4.89. The molecule has 2 spiro atoms. The minimum absolute atomic E-state index is 0.275. The molecular weight excluding hydrogens is 432 g/mol. The zero-order valence-electron chi connectivity index (χ0n) is 16.5. The van der Waals surface area contributed by atoms with E-state index in [1.54, 1.807) is 13.8 Å².